The molecular formula is C20H17NO6. The summed E-state index contributed by atoms with van der Waals surface area (Å²) < 4.78 is 10.4. The van der Waals surface area contributed by atoms with Crippen LogP contribution in [0.2, 0.25) is 0 Å². The van der Waals surface area contributed by atoms with E-state index >= 15 is 0 Å². The molecule has 2 aromatic carbocycles. The maximum atomic E-state index is 12.0. The molecule has 0 fully saturated rings. The highest BCUT2D eigenvalue weighted by molar-refractivity contribution is 5.90. The molecular weight excluding hydrogens is 350 g/mol. The standard InChI is InChI=1S/C20H17NO6/c1-12-15-8-7-14(9-17(15)27-19(24)16(12)10-18(22)23)21-20(25)26-11-13-5-3-2-4-6-13/h2-9H,10-11H2,1H3,(H,21,25)(H,22,23). The number of aryl methyl sites for hydroxylation is 1. The molecule has 138 valence electrons. The predicted molar refractivity (Wildman–Crippen MR) is 98.8 cm³/mol. The number of ether oxygens (including phenoxy) is 1. The Morgan fingerprint density at radius 3 is 2.59 bits per heavy atom. The Bertz CT molecular complexity index is 1060. The fraction of sp³-hybridized carbons (Fsp3) is 0.150. The lowest BCUT2D eigenvalue weighted by Gasteiger charge is -2.09. The number of hydrogen-bond acceptors (Lipinski definition) is 5. The topological polar surface area (TPSA) is 106 Å². The van der Waals surface area contributed by atoms with E-state index in [0.717, 1.165) is 5.56 Å². The molecule has 0 saturated carbocycles. The lowest BCUT2D eigenvalue weighted by Crippen LogP contribution is -2.15. The third-order valence-corrected chi connectivity index (χ3v) is 4.07. The van der Waals surface area contributed by atoms with Crippen LogP contribution in [0.25, 0.3) is 11.0 Å². The number of carboxylic acid groups (broad SMARTS) is 1. The second-order valence-electron chi connectivity index (χ2n) is 5.96. The van der Waals surface area contributed by atoms with Crippen molar-refractivity contribution >= 4 is 28.7 Å². The smallest absolute Gasteiger partial charge is 0.411 e. The van der Waals surface area contributed by atoms with E-state index in [-0.39, 0.29) is 17.8 Å². The molecule has 3 rings (SSSR count). The number of nitrogens with one attached hydrogen (secondary N) is 1. The van der Waals surface area contributed by atoms with Gasteiger partial charge in [0.15, 0.2) is 0 Å². The van der Waals surface area contributed by atoms with Gasteiger partial charge in [0.1, 0.15) is 12.2 Å². The predicted octanol–water partition coefficient (Wildman–Crippen LogP) is 3.48. The number of amides is 1. The van der Waals surface area contributed by atoms with Gasteiger partial charge >= 0.3 is 17.7 Å². The summed E-state index contributed by atoms with van der Waals surface area (Å²) in [7, 11) is 0. The molecule has 0 aliphatic heterocycles. The van der Waals surface area contributed by atoms with Crippen LogP contribution in [0.5, 0.6) is 0 Å². The summed E-state index contributed by atoms with van der Waals surface area (Å²) in [5.74, 6) is -1.11. The zero-order valence-electron chi connectivity index (χ0n) is 14.5. The van der Waals surface area contributed by atoms with Gasteiger partial charge in [-0.1, -0.05) is 30.3 Å². The largest absolute Gasteiger partial charge is 0.481 e. The summed E-state index contributed by atoms with van der Waals surface area (Å²) in [6, 6.07) is 14.0. The van der Waals surface area contributed by atoms with Crippen molar-refractivity contribution in [3.8, 4) is 0 Å². The molecule has 0 spiro atoms. The zero-order valence-corrected chi connectivity index (χ0v) is 14.5. The van der Waals surface area contributed by atoms with Gasteiger partial charge in [-0.05, 0) is 30.2 Å². The van der Waals surface area contributed by atoms with Crippen LogP contribution in [0.4, 0.5) is 10.5 Å². The third kappa shape index (κ3) is 4.33. The first-order valence-electron chi connectivity index (χ1n) is 8.20. The molecule has 0 aliphatic carbocycles. The van der Waals surface area contributed by atoms with E-state index in [9.17, 15) is 14.4 Å². The summed E-state index contributed by atoms with van der Waals surface area (Å²) in [4.78, 5) is 34.9. The van der Waals surface area contributed by atoms with Crippen LogP contribution >= 0.6 is 0 Å². The van der Waals surface area contributed by atoms with E-state index in [1.807, 2.05) is 30.3 Å². The average molecular weight is 367 g/mol. The first-order valence-corrected chi connectivity index (χ1v) is 8.20. The second kappa shape index (κ2) is 7.74. The summed E-state index contributed by atoms with van der Waals surface area (Å²) >= 11 is 0. The maximum Gasteiger partial charge on any atom is 0.411 e. The van der Waals surface area contributed by atoms with Gasteiger partial charge in [-0.3, -0.25) is 10.1 Å². The Morgan fingerprint density at radius 1 is 1.15 bits per heavy atom. The number of hydrogen-bond donors (Lipinski definition) is 2. The number of carbonyl (C=O) groups excluding carboxylic acids is 1. The third-order valence-electron chi connectivity index (χ3n) is 4.07. The molecule has 3 aromatic rings. The van der Waals surface area contributed by atoms with Crippen molar-refractivity contribution in [3.05, 3.63) is 75.6 Å². The monoisotopic (exact) mass is 367 g/mol. The highest BCUT2D eigenvalue weighted by Crippen LogP contribution is 2.23. The lowest BCUT2D eigenvalue weighted by atomic mass is 10.0. The van der Waals surface area contributed by atoms with E-state index < -0.39 is 24.1 Å². The van der Waals surface area contributed by atoms with Crippen molar-refractivity contribution in [1.82, 2.24) is 0 Å². The van der Waals surface area contributed by atoms with Crippen LogP contribution in [0, 0.1) is 6.92 Å². The quantitative estimate of drug-likeness (QED) is 0.669. The van der Waals surface area contributed by atoms with E-state index in [4.69, 9.17) is 14.3 Å². The van der Waals surface area contributed by atoms with Crippen LogP contribution in [-0.2, 0) is 22.6 Å². The Labute approximate surface area is 154 Å². The number of fused-ring (bicyclic) bond motifs is 1. The number of carboxylic acids is 1. The normalized spacial score (nSPS) is 10.6. The molecule has 2 N–H and O–H groups in total. The van der Waals surface area contributed by atoms with Crippen LogP contribution in [0.15, 0.2) is 57.7 Å². The van der Waals surface area contributed by atoms with E-state index in [0.29, 0.717) is 16.6 Å². The number of anilines is 1. The van der Waals surface area contributed by atoms with Gasteiger partial charge in [0, 0.05) is 17.1 Å². The fourth-order valence-corrected chi connectivity index (χ4v) is 2.70. The molecule has 0 aliphatic rings. The van der Waals surface area contributed by atoms with Gasteiger partial charge in [-0.2, -0.15) is 0 Å². The van der Waals surface area contributed by atoms with Crippen molar-refractivity contribution in [2.24, 2.45) is 0 Å². The minimum Gasteiger partial charge on any atom is -0.481 e. The average Bonchev–Trinajstić information content (AvgIpc) is 2.64. The summed E-state index contributed by atoms with van der Waals surface area (Å²) in [6.45, 7) is 1.80. The van der Waals surface area contributed by atoms with Gasteiger partial charge in [0.05, 0.1) is 12.0 Å². The molecule has 1 amide bonds. The molecule has 1 heterocycles. The van der Waals surface area contributed by atoms with Crippen molar-refractivity contribution in [2.45, 2.75) is 20.0 Å². The first-order chi connectivity index (χ1) is 12.9. The van der Waals surface area contributed by atoms with Crippen molar-refractivity contribution in [3.63, 3.8) is 0 Å². The van der Waals surface area contributed by atoms with E-state index in [1.54, 1.807) is 19.1 Å². The van der Waals surface area contributed by atoms with Gasteiger partial charge in [0.2, 0.25) is 0 Å². The molecule has 0 atom stereocenters. The second-order valence-corrected chi connectivity index (χ2v) is 5.96. The summed E-state index contributed by atoms with van der Waals surface area (Å²) in [6.07, 6.45) is -1.05. The van der Waals surface area contributed by atoms with Gasteiger partial charge in [-0.25, -0.2) is 9.59 Å². The summed E-state index contributed by atoms with van der Waals surface area (Å²) in [5.41, 5.74) is 1.46. The Hall–Kier alpha value is -3.61. The molecule has 0 saturated heterocycles. The number of aliphatic carboxylic acids is 1. The van der Waals surface area contributed by atoms with Crippen molar-refractivity contribution < 1.29 is 23.8 Å². The summed E-state index contributed by atoms with van der Waals surface area (Å²) in [5, 5.41) is 12.1. The number of benzene rings is 2. The van der Waals surface area contributed by atoms with Crippen molar-refractivity contribution in [1.29, 1.82) is 0 Å². The van der Waals surface area contributed by atoms with Gasteiger partial charge in [-0.15, -0.1) is 0 Å². The van der Waals surface area contributed by atoms with Crippen LogP contribution in [0.1, 0.15) is 16.7 Å². The van der Waals surface area contributed by atoms with Crippen LogP contribution in [0.3, 0.4) is 0 Å². The van der Waals surface area contributed by atoms with E-state index in [2.05, 4.69) is 5.32 Å². The molecule has 0 radical (unpaired) electrons. The molecule has 7 nitrogen and oxygen atoms in total. The molecule has 0 bridgehead atoms. The number of rotatable bonds is 5. The zero-order chi connectivity index (χ0) is 19.4. The molecule has 7 heteroatoms. The molecule has 0 unspecified atom stereocenters. The minimum absolute atomic E-state index is 0.109. The molecule has 1 aromatic heterocycles. The van der Waals surface area contributed by atoms with E-state index in [1.165, 1.54) is 6.07 Å². The molecule has 27 heavy (non-hydrogen) atoms. The van der Waals surface area contributed by atoms with Gasteiger partial charge in [0.25, 0.3) is 0 Å². The first kappa shape index (κ1) is 18.2. The minimum atomic E-state index is -1.11. The maximum absolute atomic E-state index is 12.0. The highest BCUT2D eigenvalue weighted by Gasteiger charge is 2.15. The Kier molecular flexibility index (Phi) is 5.21. The van der Waals surface area contributed by atoms with Crippen molar-refractivity contribution in [2.75, 3.05) is 5.32 Å². The van der Waals surface area contributed by atoms with Gasteiger partial charge < -0.3 is 14.3 Å². The van der Waals surface area contributed by atoms with Crippen LogP contribution < -0.4 is 10.9 Å². The fourth-order valence-electron chi connectivity index (χ4n) is 2.70. The highest BCUT2D eigenvalue weighted by atomic mass is 16.5. The van der Waals surface area contributed by atoms with Crippen LogP contribution in [-0.4, -0.2) is 17.2 Å². The lowest BCUT2D eigenvalue weighted by molar-refractivity contribution is -0.136. The number of carbonyl (C=O) groups is 2. The SMILES string of the molecule is Cc1c(CC(=O)O)c(=O)oc2cc(NC(=O)OCc3ccccc3)ccc12. The Morgan fingerprint density at radius 2 is 1.89 bits per heavy atom. The Balaban J connectivity index is 1.77.